The third-order valence-corrected chi connectivity index (χ3v) is 5.08. The number of nitrogens with two attached hydrogens (primary N) is 1. The van der Waals surface area contributed by atoms with Gasteiger partial charge in [0.15, 0.2) is 0 Å². The fourth-order valence-electron chi connectivity index (χ4n) is 3.64. The van der Waals surface area contributed by atoms with Crippen LogP contribution in [0.25, 0.3) is 5.57 Å². The highest BCUT2D eigenvalue weighted by Gasteiger charge is 2.29. The standard InChI is InChI=1S/C22H20FN3O/c1-13-19-10-17(12-27)26(2)11-21(19)20-9-16(24)7-8-18(20)22(25-13)14-3-5-15(23)6-4-14/h3-13,17H,24H2,1-2H3/t13-,17?/m0/s1. The predicted molar refractivity (Wildman–Crippen MR) is 106 cm³/mol. The molecular weight excluding hydrogens is 341 g/mol. The van der Waals surface area contributed by atoms with E-state index in [0.29, 0.717) is 5.69 Å². The van der Waals surface area contributed by atoms with E-state index in [1.807, 2.05) is 49.3 Å². The number of hydrogen-bond donors (Lipinski definition) is 1. The molecule has 2 aromatic rings. The molecule has 1 unspecified atom stereocenters. The van der Waals surface area contributed by atoms with E-state index in [1.54, 1.807) is 12.1 Å². The summed E-state index contributed by atoms with van der Waals surface area (Å²) < 4.78 is 13.4. The van der Waals surface area contributed by atoms with Crippen LogP contribution in [0.1, 0.15) is 23.6 Å². The van der Waals surface area contributed by atoms with Crippen molar-refractivity contribution in [1.82, 2.24) is 4.90 Å². The first kappa shape index (κ1) is 17.2. The van der Waals surface area contributed by atoms with Crippen LogP contribution in [0.2, 0.25) is 0 Å². The molecule has 0 bridgehead atoms. The second kappa shape index (κ2) is 6.50. The molecule has 0 fully saturated rings. The number of fused-ring (bicyclic) bond motifs is 3. The van der Waals surface area contributed by atoms with Crippen molar-refractivity contribution >= 4 is 23.3 Å². The van der Waals surface area contributed by atoms with Crippen LogP contribution in [0, 0.1) is 5.82 Å². The Morgan fingerprint density at radius 1 is 1.15 bits per heavy atom. The van der Waals surface area contributed by atoms with Gasteiger partial charge >= 0.3 is 0 Å². The van der Waals surface area contributed by atoms with Gasteiger partial charge in [0.2, 0.25) is 0 Å². The molecule has 0 saturated heterocycles. The number of nitrogen functional groups attached to an aromatic ring is 1. The third kappa shape index (κ3) is 2.95. The summed E-state index contributed by atoms with van der Waals surface area (Å²) in [5.41, 5.74) is 12.3. The minimum atomic E-state index is -0.321. The van der Waals surface area contributed by atoms with Crippen LogP contribution < -0.4 is 5.73 Å². The van der Waals surface area contributed by atoms with E-state index in [9.17, 15) is 9.18 Å². The van der Waals surface area contributed by atoms with Crippen molar-refractivity contribution in [2.45, 2.75) is 19.0 Å². The zero-order chi connectivity index (χ0) is 19.1. The fourth-order valence-corrected chi connectivity index (χ4v) is 3.64. The van der Waals surface area contributed by atoms with Crippen LogP contribution in [0.4, 0.5) is 10.1 Å². The predicted octanol–water partition coefficient (Wildman–Crippen LogP) is 3.43. The molecular formula is C22H20FN3O. The van der Waals surface area contributed by atoms with Gasteiger partial charge in [-0.25, -0.2) is 4.39 Å². The first-order chi connectivity index (χ1) is 13.0. The molecule has 2 N–H and O–H groups in total. The molecule has 2 aromatic carbocycles. The highest BCUT2D eigenvalue weighted by Crippen LogP contribution is 2.38. The molecule has 0 radical (unpaired) electrons. The molecule has 2 heterocycles. The monoisotopic (exact) mass is 361 g/mol. The lowest BCUT2D eigenvalue weighted by molar-refractivity contribution is -0.110. The third-order valence-electron chi connectivity index (χ3n) is 5.08. The summed E-state index contributed by atoms with van der Waals surface area (Å²) in [6, 6.07) is 11.6. The number of aldehydes is 1. The van der Waals surface area contributed by atoms with Crippen LogP contribution in [-0.2, 0) is 4.79 Å². The molecule has 2 aliphatic heterocycles. The van der Waals surface area contributed by atoms with E-state index >= 15 is 0 Å². The molecule has 2 atom stereocenters. The molecule has 5 heteroatoms. The van der Waals surface area contributed by atoms with Crippen LogP contribution in [0.3, 0.4) is 0 Å². The second-order valence-corrected chi connectivity index (χ2v) is 6.92. The number of carbonyl (C=O) groups is 1. The fraction of sp³-hybridized carbons (Fsp3) is 0.182. The Hall–Kier alpha value is -3.21. The van der Waals surface area contributed by atoms with Crippen molar-refractivity contribution in [2.75, 3.05) is 12.8 Å². The summed E-state index contributed by atoms with van der Waals surface area (Å²) in [6.45, 7) is 2.01. The maximum Gasteiger partial charge on any atom is 0.146 e. The maximum atomic E-state index is 13.4. The van der Waals surface area contributed by atoms with Gasteiger partial charge < -0.3 is 15.4 Å². The Bertz CT molecular complexity index is 1000. The van der Waals surface area contributed by atoms with E-state index < -0.39 is 0 Å². The quantitative estimate of drug-likeness (QED) is 0.659. The number of aliphatic imine (C=N–C) groups is 1. The van der Waals surface area contributed by atoms with Gasteiger partial charge in [0, 0.05) is 35.6 Å². The summed E-state index contributed by atoms with van der Waals surface area (Å²) in [7, 11) is 1.88. The molecule has 2 aliphatic rings. The highest BCUT2D eigenvalue weighted by atomic mass is 19.1. The van der Waals surface area contributed by atoms with Crippen LogP contribution >= 0.6 is 0 Å². The average Bonchev–Trinajstić information content (AvgIpc) is 2.77. The van der Waals surface area contributed by atoms with Crippen molar-refractivity contribution in [3.63, 3.8) is 0 Å². The summed E-state index contributed by atoms with van der Waals surface area (Å²) in [6.07, 6.45) is 4.85. The molecule has 27 heavy (non-hydrogen) atoms. The van der Waals surface area contributed by atoms with Crippen molar-refractivity contribution in [3.05, 3.63) is 82.8 Å². The van der Waals surface area contributed by atoms with Gasteiger partial charge in [-0.3, -0.25) is 4.99 Å². The number of likely N-dealkylation sites (N-methyl/N-ethyl adjacent to an activating group) is 1. The van der Waals surface area contributed by atoms with Crippen molar-refractivity contribution < 1.29 is 9.18 Å². The van der Waals surface area contributed by atoms with Crippen LogP contribution in [-0.4, -0.2) is 36.0 Å². The van der Waals surface area contributed by atoms with Gasteiger partial charge in [-0.2, -0.15) is 0 Å². The smallest absolute Gasteiger partial charge is 0.146 e. The first-order valence-corrected chi connectivity index (χ1v) is 8.83. The molecule has 4 nitrogen and oxygen atoms in total. The van der Waals surface area contributed by atoms with Crippen molar-refractivity contribution in [1.29, 1.82) is 0 Å². The lowest BCUT2D eigenvalue weighted by Gasteiger charge is -2.29. The Kier molecular flexibility index (Phi) is 4.15. The summed E-state index contributed by atoms with van der Waals surface area (Å²) >= 11 is 0. The SMILES string of the molecule is C[C@@H]1N=C(c2ccc(F)cc2)c2ccc(N)cc2C2=CN(C)C(C=O)C=C21. The number of rotatable bonds is 2. The molecule has 0 aromatic heterocycles. The summed E-state index contributed by atoms with van der Waals surface area (Å²) in [4.78, 5) is 18.3. The number of hydrogen-bond acceptors (Lipinski definition) is 4. The number of halogens is 1. The lowest BCUT2D eigenvalue weighted by Crippen LogP contribution is -2.31. The van der Waals surface area contributed by atoms with Crippen LogP contribution in [0.15, 0.2) is 65.3 Å². The van der Waals surface area contributed by atoms with E-state index in [2.05, 4.69) is 0 Å². The number of anilines is 1. The number of benzene rings is 2. The van der Waals surface area contributed by atoms with E-state index in [1.165, 1.54) is 12.1 Å². The molecule has 0 aliphatic carbocycles. The van der Waals surface area contributed by atoms with Gasteiger partial charge in [-0.15, -0.1) is 0 Å². The molecule has 4 rings (SSSR count). The van der Waals surface area contributed by atoms with Crippen LogP contribution in [0.5, 0.6) is 0 Å². The van der Waals surface area contributed by atoms with Crippen molar-refractivity contribution in [2.24, 2.45) is 4.99 Å². The Labute approximate surface area is 157 Å². The Morgan fingerprint density at radius 3 is 2.59 bits per heavy atom. The van der Waals surface area contributed by atoms with Gasteiger partial charge in [-0.05, 0) is 60.5 Å². The molecule has 0 amide bonds. The minimum absolute atomic E-state index is 0.152. The van der Waals surface area contributed by atoms with Crippen molar-refractivity contribution in [3.8, 4) is 0 Å². The molecule has 136 valence electrons. The van der Waals surface area contributed by atoms with E-state index in [-0.39, 0.29) is 17.9 Å². The van der Waals surface area contributed by atoms with Gasteiger partial charge in [-0.1, -0.05) is 6.07 Å². The normalized spacial score (nSPS) is 21.3. The van der Waals surface area contributed by atoms with Gasteiger partial charge in [0.25, 0.3) is 0 Å². The van der Waals surface area contributed by atoms with E-state index in [4.69, 9.17) is 10.7 Å². The average molecular weight is 361 g/mol. The minimum Gasteiger partial charge on any atom is -0.399 e. The largest absolute Gasteiger partial charge is 0.399 e. The topological polar surface area (TPSA) is 58.7 Å². The summed E-state index contributed by atoms with van der Waals surface area (Å²) in [5.74, 6) is -0.284. The lowest BCUT2D eigenvalue weighted by atomic mass is 9.87. The van der Waals surface area contributed by atoms with Gasteiger partial charge in [0.1, 0.15) is 18.1 Å². The number of carbonyl (C=O) groups excluding carboxylic acids is 1. The molecule has 0 saturated carbocycles. The van der Waals surface area contributed by atoms with Gasteiger partial charge in [0.05, 0.1) is 11.8 Å². The zero-order valence-electron chi connectivity index (χ0n) is 15.2. The second-order valence-electron chi connectivity index (χ2n) is 6.92. The zero-order valence-corrected chi connectivity index (χ0v) is 15.2. The summed E-state index contributed by atoms with van der Waals surface area (Å²) in [5, 5.41) is 0. The Morgan fingerprint density at radius 2 is 1.89 bits per heavy atom. The number of nitrogens with zero attached hydrogens (tertiary/aromatic N) is 2. The van der Waals surface area contributed by atoms with E-state index in [0.717, 1.165) is 39.8 Å². The Balaban J connectivity index is 1.98. The maximum absolute atomic E-state index is 13.4. The highest BCUT2D eigenvalue weighted by molar-refractivity contribution is 6.17. The first-order valence-electron chi connectivity index (χ1n) is 8.83. The molecule has 0 spiro atoms.